The number of alkyl halides is 3. The maximum Gasteiger partial charge on any atom is 0.416 e. The first-order chi connectivity index (χ1) is 8.77. The lowest BCUT2D eigenvalue weighted by atomic mass is 10.1. The van der Waals surface area contributed by atoms with E-state index in [9.17, 15) is 18.0 Å². The van der Waals surface area contributed by atoms with E-state index in [0.717, 1.165) is 12.1 Å². The van der Waals surface area contributed by atoms with E-state index in [1.165, 1.54) is 27.2 Å². The summed E-state index contributed by atoms with van der Waals surface area (Å²) in [6.07, 6.45) is -5.45. The Morgan fingerprint density at radius 3 is 2.21 bits per heavy atom. The third-order valence-corrected chi connectivity index (χ3v) is 2.30. The van der Waals surface area contributed by atoms with Gasteiger partial charge in [0.15, 0.2) is 6.29 Å². The minimum Gasteiger partial charge on any atom is -0.352 e. The summed E-state index contributed by atoms with van der Waals surface area (Å²) in [6.45, 7) is 1.21. The van der Waals surface area contributed by atoms with Gasteiger partial charge in [0.05, 0.1) is 5.56 Å². The molecule has 0 saturated heterocycles. The summed E-state index contributed by atoms with van der Waals surface area (Å²) >= 11 is 0. The third-order valence-electron chi connectivity index (χ3n) is 2.30. The van der Waals surface area contributed by atoms with Gasteiger partial charge in [-0.3, -0.25) is 4.79 Å². The number of amides is 1. The lowest BCUT2D eigenvalue weighted by molar-refractivity contribution is -0.138. The summed E-state index contributed by atoms with van der Waals surface area (Å²) in [5, 5.41) is 2.31. The predicted molar refractivity (Wildman–Crippen MR) is 62.5 cm³/mol. The van der Waals surface area contributed by atoms with Crippen LogP contribution < -0.4 is 5.32 Å². The minimum absolute atomic E-state index is 0.0384. The number of nitrogens with one attached hydrogen (secondary N) is 1. The number of hydrogen-bond donors (Lipinski definition) is 1. The van der Waals surface area contributed by atoms with E-state index in [0.29, 0.717) is 0 Å². The zero-order valence-electron chi connectivity index (χ0n) is 10.7. The van der Waals surface area contributed by atoms with Crippen molar-refractivity contribution in [2.75, 3.05) is 19.5 Å². The van der Waals surface area contributed by atoms with Crippen LogP contribution in [0.5, 0.6) is 0 Å². The molecule has 0 aliphatic heterocycles. The summed E-state index contributed by atoms with van der Waals surface area (Å²) < 4.78 is 48.1. The molecular formula is C12H14F3NO3. The zero-order valence-corrected chi connectivity index (χ0v) is 10.7. The van der Waals surface area contributed by atoms with Crippen LogP contribution in [0.25, 0.3) is 0 Å². The normalized spacial score (nSPS) is 11.7. The van der Waals surface area contributed by atoms with E-state index in [1.54, 1.807) is 0 Å². The van der Waals surface area contributed by atoms with E-state index >= 15 is 0 Å². The average molecular weight is 277 g/mol. The molecule has 0 aliphatic rings. The van der Waals surface area contributed by atoms with Crippen molar-refractivity contribution >= 4 is 11.6 Å². The molecule has 1 N–H and O–H groups in total. The molecule has 1 amide bonds. The SMILES string of the molecule is COC(OC)c1cc(NC(C)=O)cc(C(F)(F)F)c1. The van der Waals surface area contributed by atoms with Gasteiger partial charge in [0.25, 0.3) is 0 Å². The lowest BCUT2D eigenvalue weighted by Crippen LogP contribution is -2.12. The van der Waals surface area contributed by atoms with Crippen LogP contribution in [0.2, 0.25) is 0 Å². The van der Waals surface area contributed by atoms with Crippen molar-refractivity contribution in [2.24, 2.45) is 0 Å². The van der Waals surface area contributed by atoms with Crippen molar-refractivity contribution in [3.63, 3.8) is 0 Å². The maximum absolute atomic E-state index is 12.8. The van der Waals surface area contributed by atoms with Crippen molar-refractivity contribution in [1.29, 1.82) is 0 Å². The number of carbonyl (C=O) groups excluding carboxylic acids is 1. The largest absolute Gasteiger partial charge is 0.416 e. The Labute approximate surface area is 108 Å². The zero-order chi connectivity index (χ0) is 14.6. The van der Waals surface area contributed by atoms with Crippen LogP contribution >= 0.6 is 0 Å². The second-order valence-corrected chi connectivity index (χ2v) is 3.83. The smallest absolute Gasteiger partial charge is 0.352 e. The number of rotatable bonds is 4. The number of ether oxygens (including phenoxy) is 2. The van der Waals surface area contributed by atoms with E-state index < -0.39 is 23.9 Å². The van der Waals surface area contributed by atoms with Crippen molar-refractivity contribution in [3.05, 3.63) is 29.3 Å². The van der Waals surface area contributed by atoms with Crippen LogP contribution in [0.15, 0.2) is 18.2 Å². The first-order valence-corrected chi connectivity index (χ1v) is 5.33. The van der Waals surface area contributed by atoms with Crippen LogP contribution in [0.4, 0.5) is 18.9 Å². The molecule has 0 fully saturated rings. The van der Waals surface area contributed by atoms with Crippen LogP contribution in [0.1, 0.15) is 24.3 Å². The highest BCUT2D eigenvalue weighted by Gasteiger charge is 2.32. The molecule has 1 rings (SSSR count). The van der Waals surface area contributed by atoms with Crippen molar-refractivity contribution < 1.29 is 27.4 Å². The monoisotopic (exact) mass is 277 g/mol. The Kier molecular flexibility index (Phi) is 4.90. The Bertz CT molecular complexity index is 456. The molecule has 0 heterocycles. The van der Waals surface area contributed by atoms with Gasteiger partial charge < -0.3 is 14.8 Å². The highest BCUT2D eigenvalue weighted by molar-refractivity contribution is 5.88. The third kappa shape index (κ3) is 4.22. The molecule has 19 heavy (non-hydrogen) atoms. The highest BCUT2D eigenvalue weighted by Crippen LogP contribution is 2.34. The molecule has 0 bridgehead atoms. The van der Waals surface area contributed by atoms with Gasteiger partial charge in [-0.1, -0.05) is 0 Å². The molecule has 0 atom stereocenters. The van der Waals surface area contributed by atoms with Crippen LogP contribution in [0.3, 0.4) is 0 Å². The van der Waals surface area contributed by atoms with Gasteiger partial charge in [0.2, 0.25) is 5.91 Å². The first-order valence-electron chi connectivity index (χ1n) is 5.33. The van der Waals surface area contributed by atoms with E-state index in [2.05, 4.69) is 5.32 Å². The molecule has 106 valence electrons. The number of carbonyl (C=O) groups is 1. The number of hydrogen-bond acceptors (Lipinski definition) is 3. The lowest BCUT2D eigenvalue weighted by Gasteiger charge is -2.17. The predicted octanol–water partition coefficient (Wildman–Crippen LogP) is 2.96. The molecule has 0 saturated carbocycles. The van der Waals surface area contributed by atoms with Crippen LogP contribution in [0, 0.1) is 0 Å². The van der Waals surface area contributed by atoms with Crippen LogP contribution in [-0.4, -0.2) is 20.1 Å². The van der Waals surface area contributed by atoms with Gasteiger partial charge in [0, 0.05) is 32.4 Å². The summed E-state index contributed by atoms with van der Waals surface area (Å²) in [5.74, 6) is -0.461. The summed E-state index contributed by atoms with van der Waals surface area (Å²) in [4.78, 5) is 10.9. The molecule has 0 aliphatic carbocycles. The first kappa shape index (κ1) is 15.5. The minimum atomic E-state index is -4.52. The Balaban J connectivity index is 3.27. The standard InChI is InChI=1S/C12H14F3NO3/c1-7(17)16-10-5-8(11(18-2)19-3)4-9(6-10)12(13,14)15/h4-6,11H,1-3H3,(H,16,17). The molecule has 4 nitrogen and oxygen atoms in total. The van der Waals surface area contributed by atoms with E-state index in [1.807, 2.05) is 0 Å². The van der Waals surface area contributed by atoms with Gasteiger partial charge in [-0.05, 0) is 18.2 Å². The number of benzene rings is 1. The second kappa shape index (κ2) is 6.03. The summed E-state index contributed by atoms with van der Waals surface area (Å²) in [6, 6.07) is 3.14. The molecule has 0 spiro atoms. The van der Waals surface area contributed by atoms with Gasteiger partial charge >= 0.3 is 6.18 Å². The fourth-order valence-corrected chi connectivity index (χ4v) is 1.60. The molecule has 0 radical (unpaired) electrons. The second-order valence-electron chi connectivity index (χ2n) is 3.83. The quantitative estimate of drug-likeness (QED) is 0.861. The van der Waals surface area contributed by atoms with Gasteiger partial charge in [0.1, 0.15) is 0 Å². The molecule has 0 unspecified atom stereocenters. The highest BCUT2D eigenvalue weighted by atomic mass is 19.4. The van der Waals surface area contributed by atoms with E-state index in [4.69, 9.17) is 9.47 Å². The summed E-state index contributed by atoms with van der Waals surface area (Å²) in [5.41, 5.74) is -0.673. The Morgan fingerprint density at radius 1 is 1.21 bits per heavy atom. The van der Waals surface area contributed by atoms with Gasteiger partial charge in [-0.25, -0.2) is 0 Å². The average Bonchev–Trinajstić information content (AvgIpc) is 2.28. The van der Waals surface area contributed by atoms with Crippen molar-refractivity contribution in [1.82, 2.24) is 0 Å². The number of methoxy groups -OCH3 is 2. The molecule has 0 aromatic heterocycles. The van der Waals surface area contributed by atoms with Crippen molar-refractivity contribution in [2.45, 2.75) is 19.4 Å². The Hall–Kier alpha value is -1.60. The number of anilines is 1. The fraction of sp³-hybridized carbons (Fsp3) is 0.417. The van der Waals surface area contributed by atoms with E-state index in [-0.39, 0.29) is 11.3 Å². The molecular weight excluding hydrogens is 263 g/mol. The fourth-order valence-electron chi connectivity index (χ4n) is 1.60. The molecule has 1 aromatic rings. The van der Waals surface area contributed by atoms with Crippen molar-refractivity contribution in [3.8, 4) is 0 Å². The van der Waals surface area contributed by atoms with Gasteiger partial charge in [-0.15, -0.1) is 0 Å². The molecule has 1 aromatic carbocycles. The molecule has 7 heteroatoms. The summed E-state index contributed by atoms with van der Waals surface area (Å²) in [7, 11) is 2.62. The topological polar surface area (TPSA) is 47.6 Å². The number of halogens is 3. The maximum atomic E-state index is 12.8. The Morgan fingerprint density at radius 2 is 1.79 bits per heavy atom. The van der Waals surface area contributed by atoms with Crippen LogP contribution in [-0.2, 0) is 20.4 Å². The van der Waals surface area contributed by atoms with Gasteiger partial charge in [-0.2, -0.15) is 13.2 Å².